The molecule has 0 radical (unpaired) electrons. The number of pyridine rings is 1. The summed E-state index contributed by atoms with van der Waals surface area (Å²) in [5, 5.41) is 5.56. The molecule has 3 heterocycles. The second-order valence-corrected chi connectivity index (χ2v) is 6.60. The number of hydrogen-bond donors (Lipinski definition) is 1. The lowest BCUT2D eigenvalue weighted by molar-refractivity contribution is 0.189. The number of rotatable bonds is 5. The number of hydrogen-bond acceptors (Lipinski definition) is 4. The molecule has 3 nitrogen and oxygen atoms in total. The van der Waals surface area contributed by atoms with Crippen LogP contribution in [-0.4, -0.2) is 23.0 Å². The molecule has 0 bridgehead atoms. The van der Waals surface area contributed by atoms with Crippen LogP contribution >= 0.6 is 11.3 Å². The fraction of sp³-hybridized carbons (Fsp3) is 0.471. The highest BCUT2D eigenvalue weighted by Gasteiger charge is 2.24. The largest absolute Gasteiger partial charge is 0.311 e. The van der Waals surface area contributed by atoms with Crippen LogP contribution in [0.25, 0.3) is 0 Å². The van der Waals surface area contributed by atoms with Crippen molar-refractivity contribution in [2.75, 3.05) is 13.1 Å². The van der Waals surface area contributed by atoms with Gasteiger partial charge in [-0.1, -0.05) is 13.0 Å². The molecule has 0 aromatic carbocycles. The zero-order chi connectivity index (χ0) is 14.7. The lowest BCUT2D eigenvalue weighted by atomic mass is 10.0. The van der Waals surface area contributed by atoms with E-state index in [-0.39, 0.29) is 0 Å². The predicted octanol–water partition coefficient (Wildman–Crippen LogP) is 3.37. The highest BCUT2D eigenvalue weighted by Crippen LogP contribution is 2.33. The molecule has 3 rings (SSSR count). The van der Waals surface area contributed by atoms with Gasteiger partial charge in [-0.15, -0.1) is 11.3 Å². The van der Waals surface area contributed by atoms with Gasteiger partial charge in [-0.3, -0.25) is 9.88 Å². The van der Waals surface area contributed by atoms with Crippen LogP contribution in [0.5, 0.6) is 0 Å². The van der Waals surface area contributed by atoms with Crippen molar-refractivity contribution in [2.45, 2.75) is 39.4 Å². The average Bonchev–Trinajstić information content (AvgIpc) is 2.98. The Morgan fingerprint density at radius 3 is 3.05 bits per heavy atom. The first kappa shape index (κ1) is 14.7. The summed E-state index contributed by atoms with van der Waals surface area (Å²) >= 11 is 1.90. The third-order valence-corrected chi connectivity index (χ3v) is 5.19. The van der Waals surface area contributed by atoms with Gasteiger partial charge in [0.1, 0.15) is 0 Å². The number of fused-ring (bicyclic) bond motifs is 1. The van der Waals surface area contributed by atoms with E-state index in [0.717, 1.165) is 31.9 Å². The molecule has 0 fully saturated rings. The van der Waals surface area contributed by atoms with Crippen molar-refractivity contribution in [3.8, 4) is 0 Å². The van der Waals surface area contributed by atoms with E-state index in [0.29, 0.717) is 6.04 Å². The van der Waals surface area contributed by atoms with Crippen LogP contribution in [-0.2, 0) is 19.5 Å². The molecule has 1 atom stereocenters. The van der Waals surface area contributed by atoms with Gasteiger partial charge in [-0.05, 0) is 49.0 Å². The Labute approximate surface area is 131 Å². The fourth-order valence-corrected chi connectivity index (χ4v) is 3.92. The molecular formula is C17H23N3S. The van der Waals surface area contributed by atoms with E-state index in [1.807, 2.05) is 11.3 Å². The van der Waals surface area contributed by atoms with E-state index >= 15 is 0 Å². The molecule has 112 valence electrons. The van der Waals surface area contributed by atoms with E-state index in [2.05, 4.69) is 53.7 Å². The summed E-state index contributed by atoms with van der Waals surface area (Å²) in [5.41, 5.74) is 3.82. The van der Waals surface area contributed by atoms with Crippen molar-refractivity contribution in [2.24, 2.45) is 0 Å². The maximum Gasteiger partial charge on any atom is 0.0548 e. The van der Waals surface area contributed by atoms with E-state index in [9.17, 15) is 0 Å². The van der Waals surface area contributed by atoms with Crippen molar-refractivity contribution in [1.82, 2.24) is 15.2 Å². The number of nitrogens with zero attached hydrogens (tertiary/aromatic N) is 2. The standard InChI is InChI=1S/C17H23N3S/c1-3-18-11-14-5-4-6-15(19-14)12-20-9-7-17-16(13(20)2)8-10-21-17/h4-6,8,10,13,18H,3,7,9,11-12H2,1-2H3. The van der Waals surface area contributed by atoms with E-state index in [4.69, 9.17) is 4.98 Å². The first-order chi connectivity index (χ1) is 10.3. The van der Waals surface area contributed by atoms with Crippen LogP contribution in [0.4, 0.5) is 0 Å². The summed E-state index contributed by atoms with van der Waals surface area (Å²) in [6.07, 6.45) is 1.18. The predicted molar refractivity (Wildman–Crippen MR) is 88.5 cm³/mol. The highest BCUT2D eigenvalue weighted by molar-refractivity contribution is 7.10. The molecule has 0 spiro atoms. The Hall–Kier alpha value is -1.23. The Morgan fingerprint density at radius 2 is 2.19 bits per heavy atom. The molecule has 2 aromatic heterocycles. The van der Waals surface area contributed by atoms with Gasteiger partial charge in [0.15, 0.2) is 0 Å². The maximum absolute atomic E-state index is 4.78. The lowest BCUT2D eigenvalue weighted by Crippen LogP contribution is -2.33. The van der Waals surface area contributed by atoms with Crippen molar-refractivity contribution >= 4 is 11.3 Å². The second kappa shape index (κ2) is 6.69. The van der Waals surface area contributed by atoms with Gasteiger partial charge in [0.05, 0.1) is 11.4 Å². The van der Waals surface area contributed by atoms with Crippen molar-refractivity contribution in [3.05, 3.63) is 51.5 Å². The molecule has 4 heteroatoms. The fourth-order valence-electron chi connectivity index (χ4n) is 2.95. The zero-order valence-corrected chi connectivity index (χ0v) is 13.6. The van der Waals surface area contributed by atoms with Crippen LogP contribution < -0.4 is 5.32 Å². The Kier molecular flexibility index (Phi) is 4.68. The summed E-state index contributed by atoms with van der Waals surface area (Å²) in [5.74, 6) is 0. The van der Waals surface area contributed by atoms with Gasteiger partial charge in [-0.2, -0.15) is 0 Å². The average molecular weight is 301 g/mol. The van der Waals surface area contributed by atoms with Crippen molar-refractivity contribution < 1.29 is 0 Å². The van der Waals surface area contributed by atoms with E-state index in [1.165, 1.54) is 17.7 Å². The van der Waals surface area contributed by atoms with Gasteiger partial charge >= 0.3 is 0 Å². The van der Waals surface area contributed by atoms with Gasteiger partial charge in [-0.25, -0.2) is 0 Å². The second-order valence-electron chi connectivity index (χ2n) is 5.60. The third-order valence-electron chi connectivity index (χ3n) is 4.19. The van der Waals surface area contributed by atoms with Crippen LogP contribution in [0.3, 0.4) is 0 Å². The topological polar surface area (TPSA) is 28.2 Å². The molecule has 1 aliphatic heterocycles. The molecule has 1 N–H and O–H groups in total. The SMILES string of the molecule is CCNCc1cccc(CN2CCc3sccc3C2C)n1. The summed E-state index contributed by atoms with van der Waals surface area (Å²) in [6, 6.07) is 9.15. The molecule has 0 saturated carbocycles. The minimum atomic E-state index is 0.499. The van der Waals surface area contributed by atoms with Gasteiger partial charge in [0.25, 0.3) is 0 Å². The Bertz CT molecular complexity index is 593. The van der Waals surface area contributed by atoms with Crippen LogP contribution in [0.1, 0.15) is 41.7 Å². The molecule has 0 amide bonds. The van der Waals surface area contributed by atoms with E-state index < -0.39 is 0 Å². The van der Waals surface area contributed by atoms with E-state index in [1.54, 1.807) is 4.88 Å². The number of aromatic nitrogens is 1. The third kappa shape index (κ3) is 3.34. The summed E-state index contributed by atoms with van der Waals surface area (Å²) < 4.78 is 0. The molecule has 0 saturated heterocycles. The van der Waals surface area contributed by atoms with Crippen LogP contribution in [0.15, 0.2) is 29.6 Å². The minimum absolute atomic E-state index is 0.499. The smallest absolute Gasteiger partial charge is 0.0548 e. The highest BCUT2D eigenvalue weighted by atomic mass is 32.1. The molecule has 21 heavy (non-hydrogen) atoms. The summed E-state index contributed by atoms with van der Waals surface area (Å²) in [4.78, 5) is 8.88. The van der Waals surface area contributed by atoms with Crippen LogP contribution in [0.2, 0.25) is 0 Å². The van der Waals surface area contributed by atoms with Crippen molar-refractivity contribution in [1.29, 1.82) is 0 Å². The van der Waals surface area contributed by atoms with Gasteiger partial charge in [0, 0.05) is 30.6 Å². The lowest BCUT2D eigenvalue weighted by Gasteiger charge is -2.33. The molecular weight excluding hydrogens is 278 g/mol. The summed E-state index contributed by atoms with van der Waals surface area (Å²) in [6.45, 7) is 8.35. The first-order valence-corrected chi connectivity index (χ1v) is 8.61. The first-order valence-electron chi connectivity index (χ1n) is 7.73. The maximum atomic E-state index is 4.78. The normalized spacial score (nSPS) is 18.7. The zero-order valence-electron chi connectivity index (χ0n) is 12.8. The minimum Gasteiger partial charge on any atom is -0.311 e. The summed E-state index contributed by atoms with van der Waals surface area (Å²) in [7, 11) is 0. The number of nitrogens with one attached hydrogen (secondary N) is 1. The van der Waals surface area contributed by atoms with Crippen molar-refractivity contribution in [3.63, 3.8) is 0 Å². The quantitative estimate of drug-likeness (QED) is 0.918. The molecule has 1 aliphatic rings. The number of thiophene rings is 1. The molecule has 1 unspecified atom stereocenters. The monoisotopic (exact) mass is 301 g/mol. The van der Waals surface area contributed by atoms with Crippen LogP contribution in [0, 0.1) is 0 Å². The molecule has 2 aromatic rings. The Balaban J connectivity index is 1.69. The van der Waals surface area contributed by atoms with Gasteiger partial charge in [0.2, 0.25) is 0 Å². The van der Waals surface area contributed by atoms with Gasteiger partial charge < -0.3 is 5.32 Å². The molecule has 0 aliphatic carbocycles. The Morgan fingerprint density at radius 1 is 1.33 bits per heavy atom.